The molecule has 0 saturated heterocycles. The maximum absolute atomic E-state index is 6.08. The number of nitrogens with zero attached hydrogens (tertiary/aromatic N) is 4. The monoisotopic (exact) mass is 446 g/mol. The van der Waals surface area contributed by atoms with E-state index in [-0.39, 0.29) is 0 Å². The van der Waals surface area contributed by atoms with Crippen molar-refractivity contribution in [3.8, 4) is 34.0 Å². The Morgan fingerprint density at radius 3 is 2.45 bits per heavy atom. The Kier molecular flexibility index (Phi) is 4.37. The summed E-state index contributed by atoms with van der Waals surface area (Å²) < 4.78 is 14.2. The second-order valence-electron chi connectivity index (χ2n) is 6.45. The summed E-state index contributed by atoms with van der Waals surface area (Å²) in [7, 11) is 1.63. The van der Waals surface area contributed by atoms with Gasteiger partial charge < -0.3 is 9.15 Å². The Bertz CT molecular complexity index is 1300. The van der Waals surface area contributed by atoms with Crippen LogP contribution in [0, 0.1) is 0 Å². The molecule has 0 fully saturated rings. The number of halogens is 1. The van der Waals surface area contributed by atoms with Gasteiger partial charge in [-0.1, -0.05) is 30.3 Å². The number of benzene rings is 3. The van der Waals surface area contributed by atoms with E-state index in [2.05, 4.69) is 38.3 Å². The molecule has 0 aliphatic rings. The largest absolute Gasteiger partial charge is 0.495 e. The van der Waals surface area contributed by atoms with Crippen LogP contribution in [0.25, 0.3) is 39.4 Å². The lowest BCUT2D eigenvalue weighted by molar-refractivity contribution is 0.413. The quantitative estimate of drug-likeness (QED) is 0.363. The number of hydrogen-bond donors (Lipinski definition) is 0. The molecule has 0 amide bonds. The second-order valence-corrected chi connectivity index (χ2v) is 7.30. The zero-order valence-corrected chi connectivity index (χ0v) is 17.0. The van der Waals surface area contributed by atoms with Crippen LogP contribution in [-0.2, 0) is 0 Å². The highest BCUT2D eigenvalue weighted by molar-refractivity contribution is 9.10. The molecule has 0 atom stereocenters. The number of fused-ring (bicyclic) bond motifs is 1. The van der Waals surface area contributed by atoms with E-state index in [0.29, 0.717) is 17.2 Å². The Labute approximate surface area is 174 Å². The Balaban J connectivity index is 1.63. The number of hydrogen-bond acceptors (Lipinski definition) is 5. The molecular weight excluding hydrogens is 432 g/mol. The maximum atomic E-state index is 6.08. The van der Waals surface area contributed by atoms with Crippen LogP contribution in [0.1, 0.15) is 0 Å². The first-order chi connectivity index (χ1) is 14.2. The fourth-order valence-electron chi connectivity index (χ4n) is 3.26. The molecule has 142 valence electrons. The van der Waals surface area contributed by atoms with Crippen molar-refractivity contribution in [1.29, 1.82) is 0 Å². The van der Waals surface area contributed by atoms with Gasteiger partial charge in [-0.2, -0.15) is 0 Å². The summed E-state index contributed by atoms with van der Waals surface area (Å²) >= 11 is 3.63. The molecule has 7 heteroatoms. The van der Waals surface area contributed by atoms with E-state index in [4.69, 9.17) is 14.1 Å². The molecule has 5 aromatic rings. The molecule has 0 radical (unpaired) electrons. The third-order valence-electron chi connectivity index (χ3n) is 4.67. The van der Waals surface area contributed by atoms with Gasteiger partial charge in [0.25, 0.3) is 0 Å². The van der Waals surface area contributed by atoms with Gasteiger partial charge in [0.05, 0.1) is 17.3 Å². The van der Waals surface area contributed by atoms with Crippen molar-refractivity contribution in [1.82, 2.24) is 19.7 Å². The molecule has 2 aromatic heterocycles. The molecule has 6 nitrogen and oxygen atoms in total. The van der Waals surface area contributed by atoms with Gasteiger partial charge in [-0.15, -0.1) is 10.2 Å². The van der Waals surface area contributed by atoms with E-state index in [1.54, 1.807) is 24.3 Å². The summed E-state index contributed by atoms with van der Waals surface area (Å²) in [6, 6.07) is 20.0. The van der Waals surface area contributed by atoms with Gasteiger partial charge in [0.2, 0.25) is 5.89 Å². The number of ether oxygens (including phenoxy) is 1. The van der Waals surface area contributed by atoms with Gasteiger partial charge in [0.15, 0.2) is 5.58 Å². The Morgan fingerprint density at radius 2 is 1.69 bits per heavy atom. The molecule has 0 aliphatic heterocycles. The number of aromatic nitrogens is 4. The first kappa shape index (κ1) is 17.6. The molecule has 29 heavy (non-hydrogen) atoms. The van der Waals surface area contributed by atoms with E-state index in [9.17, 15) is 0 Å². The van der Waals surface area contributed by atoms with Gasteiger partial charge >= 0.3 is 0 Å². The van der Waals surface area contributed by atoms with Crippen LogP contribution in [0.3, 0.4) is 0 Å². The summed E-state index contributed by atoms with van der Waals surface area (Å²) in [6.45, 7) is 0. The van der Waals surface area contributed by atoms with E-state index in [0.717, 1.165) is 32.4 Å². The Hall–Kier alpha value is -3.45. The molecule has 5 rings (SSSR count). The first-order valence-corrected chi connectivity index (χ1v) is 9.71. The predicted molar refractivity (Wildman–Crippen MR) is 114 cm³/mol. The lowest BCUT2D eigenvalue weighted by Gasteiger charge is -2.09. The van der Waals surface area contributed by atoms with Crippen LogP contribution >= 0.6 is 15.9 Å². The van der Waals surface area contributed by atoms with Crippen molar-refractivity contribution in [2.24, 2.45) is 0 Å². The summed E-state index contributed by atoms with van der Waals surface area (Å²) in [5, 5.41) is 7.75. The summed E-state index contributed by atoms with van der Waals surface area (Å²) in [5.74, 6) is 1.24. The minimum absolute atomic E-state index is 0.530. The van der Waals surface area contributed by atoms with Crippen LogP contribution in [0.2, 0.25) is 0 Å². The van der Waals surface area contributed by atoms with Gasteiger partial charge in [-0.3, -0.25) is 4.57 Å². The number of oxazole rings is 1. The zero-order valence-electron chi connectivity index (χ0n) is 15.4. The van der Waals surface area contributed by atoms with E-state index in [1.807, 2.05) is 48.5 Å². The van der Waals surface area contributed by atoms with Crippen molar-refractivity contribution in [3.05, 3.63) is 77.8 Å². The molecule has 0 unspecified atom stereocenters. The zero-order chi connectivity index (χ0) is 19.8. The highest BCUT2D eigenvalue weighted by atomic mass is 79.9. The van der Waals surface area contributed by atoms with E-state index >= 15 is 0 Å². The van der Waals surface area contributed by atoms with Crippen molar-refractivity contribution in [3.63, 3.8) is 0 Å². The standard InChI is InChI=1S/C22H15BrN4O2/c1-28-20-8-7-15(11-19(20)27-12-24-25-13-27)22-26-18-10-16(9-17(23)21(18)29-22)14-5-3-2-4-6-14/h2-13H,1H3. The molecule has 0 saturated carbocycles. The average Bonchev–Trinajstić information content (AvgIpc) is 3.44. The maximum Gasteiger partial charge on any atom is 0.227 e. The molecule has 0 aliphatic carbocycles. The highest BCUT2D eigenvalue weighted by Crippen LogP contribution is 2.35. The SMILES string of the molecule is COc1ccc(-c2nc3cc(-c4ccccc4)cc(Br)c3o2)cc1-n1cnnc1. The van der Waals surface area contributed by atoms with Crippen LogP contribution in [0.4, 0.5) is 0 Å². The fourth-order valence-corrected chi connectivity index (χ4v) is 3.79. The van der Waals surface area contributed by atoms with Crippen LogP contribution in [0.15, 0.2) is 82.2 Å². The first-order valence-electron chi connectivity index (χ1n) is 8.92. The molecular formula is C22H15BrN4O2. The number of rotatable bonds is 4. The molecule has 0 N–H and O–H groups in total. The molecule has 0 bridgehead atoms. The number of methoxy groups -OCH3 is 1. The lowest BCUT2D eigenvalue weighted by atomic mass is 10.1. The van der Waals surface area contributed by atoms with Crippen LogP contribution < -0.4 is 4.74 Å². The van der Waals surface area contributed by atoms with Gasteiger partial charge in [0.1, 0.15) is 23.9 Å². The smallest absolute Gasteiger partial charge is 0.227 e. The average molecular weight is 447 g/mol. The second kappa shape index (κ2) is 7.18. The van der Waals surface area contributed by atoms with Crippen LogP contribution in [-0.4, -0.2) is 26.9 Å². The highest BCUT2D eigenvalue weighted by Gasteiger charge is 2.15. The molecule has 0 spiro atoms. The summed E-state index contributed by atoms with van der Waals surface area (Å²) in [5.41, 5.74) is 5.33. The van der Waals surface area contributed by atoms with Gasteiger partial charge in [-0.05, 0) is 57.4 Å². The van der Waals surface area contributed by atoms with E-state index < -0.39 is 0 Å². The van der Waals surface area contributed by atoms with Gasteiger partial charge in [-0.25, -0.2) is 4.98 Å². The topological polar surface area (TPSA) is 66.0 Å². The molecule has 3 aromatic carbocycles. The Morgan fingerprint density at radius 1 is 0.897 bits per heavy atom. The van der Waals surface area contributed by atoms with Gasteiger partial charge in [0, 0.05) is 5.56 Å². The van der Waals surface area contributed by atoms with Crippen molar-refractivity contribution in [2.75, 3.05) is 7.11 Å². The minimum Gasteiger partial charge on any atom is -0.495 e. The van der Waals surface area contributed by atoms with Crippen LogP contribution in [0.5, 0.6) is 5.75 Å². The van der Waals surface area contributed by atoms with Crippen molar-refractivity contribution in [2.45, 2.75) is 0 Å². The summed E-state index contributed by atoms with van der Waals surface area (Å²) in [6.07, 6.45) is 3.24. The summed E-state index contributed by atoms with van der Waals surface area (Å²) in [4.78, 5) is 4.73. The van der Waals surface area contributed by atoms with E-state index in [1.165, 1.54) is 0 Å². The van der Waals surface area contributed by atoms with Crippen molar-refractivity contribution >= 4 is 27.0 Å². The molecule has 2 heterocycles. The third kappa shape index (κ3) is 3.19. The predicted octanol–water partition coefficient (Wildman–Crippen LogP) is 5.51. The van der Waals surface area contributed by atoms with Crippen molar-refractivity contribution < 1.29 is 9.15 Å². The lowest BCUT2D eigenvalue weighted by Crippen LogP contribution is -1.96. The fraction of sp³-hybridized carbons (Fsp3) is 0.0455. The third-order valence-corrected chi connectivity index (χ3v) is 5.26. The normalized spacial score (nSPS) is 11.1. The minimum atomic E-state index is 0.530.